The van der Waals surface area contributed by atoms with E-state index in [9.17, 15) is 0 Å². The lowest BCUT2D eigenvalue weighted by Gasteiger charge is -2.12. The van der Waals surface area contributed by atoms with E-state index in [0.29, 0.717) is 0 Å². The summed E-state index contributed by atoms with van der Waals surface area (Å²) in [5.41, 5.74) is 7.54. The van der Waals surface area contributed by atoms with Crippen molar-refractivity contribution in [2.45, 2.75) is 104 Å². The van der Waals surface area contributed by atoms with Gasteiger partial charge in [-0.15, -0.1) is 0 Å². The first-order chi connectivity index (χ1) is 19.3. The molecule has 5 heteroatoms. The van der Waals surface area contributed by atoms with Gasteiger partial charge in [0.2, 0.25) is 0 Å². The molecule has 0 aliphatic carbocycles. The van der Waals surface area contributed by atoms with Gasteiger partial charge < -0.3 is 9.13 Å². The average molecular weight is 539 g/mol. The minimum Gasteiger partial charge on any atom is -0.339 e. The highest BCUT2D eigenvalue weighted by Gasteiger charge is 2.24. The second-order valence-electron chi connectivity index (χ2n) is 11.3. The van der Waals surface area contributed by atoms with Gasteiger partial charge >= 0.3 is 0 Å². The molecule has 0 aliphatic heterocycles. The van der Waals surface area contributed by atoms with Gasteiger partial charge in [0.05, 0.1) is 22.8 Å². The number of aryl methyl sites for hydroxylation is 2. The topological polar surface area (TPSA) is 35.6 Å². The highest BCUT2D eigenvalue weighted by atomic mass is 32.1. The Balaban J connectivity index is 1.54. The molecule has 0 atom stereocenters. The Morgan fingerprint density at radius 2 is 0.949 bits per heavy atom. The van der Waals surface area contributed by atoms with Crippen molar-refractivity contribution in [1.29, 1.82) is 0 Å². The summed E-state index contributed by atoms with van der Waals surface area (Å²) in [7, 11) is 0. The van der Waals surface area contributed by atoms with Crippen LogP contribution in [0.3, 0.4) is 0 Å². The van der Waals surface area contributed by atoms with E-state index in [2.05, 4.69) is 71.5 Å². The fraction of sp³-hybridized carbons (Fsp3) is 0.471. The third-order valence-corrected chi connectivity index (χ3v) is 9.13. The third kappa shape index (κ3) is 4.84. The lowest BCUT2D eigenvalue weighted by atomic mass is 10.1. The van der Waals surface area contributed by atoms with Crippen molar-refractivity contribution in [2.24, 2.45) is 0 Å². The van der Waals surface area contributed by atoms with Crippen LogP contribution in [0.1, 0.15) is 90.9 Å². The lowest BCUT2D eigenvalue weighted by molar-refractivity contribution is 0.567. The molecule has 3 heterocycles. The predicted molar refractivity (Wildman–Crippen MR) is 170 cm³/mol. The minimum absolute atomic E-state index is 1.05. The summed E-state index contributed by atoms with van der Waals surface area (Å²) in [6.45, 7) is 6.68. The Kier molecular flexibility index (Phi) is 8.15. The molecule has 39 heavy (non-hydrogen) atoms. The van der Waals surface area contributed by atoms with Crippen molar-refractivity contribution in [3.05, 3.63) is 48.5 Å². The number of fused-ring (bicyclic) bond motifs is 10. The Labute approximate surface area is 236 Å². The monoisotopic (exact) mass is 538 g/mol. The quantitative estimate of drug-likeness (QED) is 0.129. The van der Waals surface area contributed by atoms with Gasteiger partial charge in [-0.25, -0.2) is 0 Å². The number of unbranched alkanes of at least 4 members (excludes halogenated alkanes) is 10. The van der Waals surface area contributed by atoms with Gasteiger partial charge in [-0.05, 0) is 25.0 Å². The van der Waals surface area contributed by atoms with E-state index >= 15 is 0 Å². The van der Waals surface area contributed by atoms with E-state index in [1.165, 1.54) is 132 Å². The first-order valence-corrected chi connectivity index (χ1v) is 16.1. The largest absolute Gasteiger partial charge is 0.339 e. The number of hydrogen-bond acceptors (Lipinski definition) is 3. The van der Waals surface area contributed by atoms with Gasteiger partial charge in [-0.3, -0.25) is 0 Å². The molecule has 0 amide bonds. The molecule has 3 aromatic heterocycles. The van der Waals surface area contributed by atoms with Crippen molar-refractivity contribution in [3.63, 3.8) is 0 Å². The zero-order valence-electron chi connectivity index (χ0n) is 23.7. The molecule has 0 radical (unpaired) electrons. The Morgan fingerprint density at radius 3 is 1.41 bits per heavy atom. The van der Waals surface area contributed by atoms with Crippen LogP contribution in [-0.4, -0.2) is 17.9 Å². The van der Waals surface area contributed by atoms with Gasteiger partial charge in [-0.1, -0.05) is 114 Å². The number of rotatable bonds is 14. The number of para-hydroxylation sites is 2. The second kappa shape index (κ2) is 12.1. The smallest absolute Gasteiger partial charge is 0.115 e. The van der Waals surface area contributed by atoms with Gasteiger partial charge in [0.25, 0.3) is 0 Å². The fourth-order valence-electron chi connectivity index (χ4n) is 6.66. The highest BCUT2D eigenvalue weighted by Crippen LogP contribution is 2.44. The van der Waals surface area contributed by atoms with Gasteiger partial charge in [-0.2, -0.15) is 8.75 Å². The van der Waals surface area contributed by atoms with Crippen LogP contribution in [0.2, 0.25) is 0 Å². The molecule has 0 saturated heterocycles. The molecule has 0 N–H and O–H groups in total. The van der Waals surface area contributed by atoms with E-state index in [1.807, 2.05) is 0 Å². The van der Waals surface area contributed by atoms with Gasteiger partial charge in [0, 0.05) is 45.7 Å². The summed E-state index contributed by atoms with van der Waals surface area (Å²) in [4.78, 5) is 0. The maximum Gasteiger partial charge on any atom is 0.115 e. The Morgan fingerprint density at radius 1 is 0.538 bits per heavy atom. The molecule has 204 valence electrons. The van der Waals surface area contributed by atoms with Crippen LogP contribution < -0.4 is 0 Å². The summed E-state index contributed by atoms with van der Waals surface area (Å²) in [5, 5.41) is 5.21. The normalized spacial score (nSPS) is 12.3. The maximum atomic E-state index is 4.92. The summed E-state index contributed by atoms with van der Waals surface area (Å²) < 4.78 is 15.1. The first-order valence-electron chi connectivity index (χ1n) is 15.4. The maximum absolute atomic E-state index is 4.92. The standard InChI is InChI=1S/C34H42N4S/c1-3-5-7-9-11-17-23-37-27-21-15-13-19-25(27)29-31-32(36-39-35-31)30-26-20-14-16-22-28(26)38(34(30)33(29)37)24-18-12-10-8-6-4-2/h13-16,19-22H,3-12,17-18,23-24H2,1-2H3. The molecular weight excluding hydrogens is 496 g/mol. The molecule has 3 aromatic carbocycles. The zero-order valence-corrected chi connectivity index (χ0v) is 24.5. The van der Waals surface area contributed by atoms with Crippen molar-refractivity contribution in [2.75, 3.05) is 0 Å². The lowest BCUT2D eigenvalue weighted by Crippen LogP contribution is -2.03. The van der Waals surface area contributed by atoms with E-state index < -0.39 is 0 Å². The van der Waals surface area contributed by atoms with Crippen LogP contribution in [0, 0.1) is 0 Å². The van der Waals surface area contributed by atoms with E-state index in [4.69, 9.17) is 8.75 Å². The molecule has 6 rings (SSSR count). The Bertz CT molecular complexity index is 1580. The second-order valence-corrected chi connectivity index (χ2v) is 11.8. The number of benzene rings is 3. The van der Waals surface area contributed by atoms with Crippen molar-refractivity contribution in [1.82, 2.24) is 17.9 Å². The summed E-state index contributed by atoms with van der Waals surface area (Å²) in [6.07, 6.45) is 15.7. The molecule has 0 unspecified atom stereocenters. The third-order valence-electron chi connectivity index (χ3n) is 8.60. The van der Waals surface area contributed by atoms with Gasteiger partial charge in [0.15, 0.2) is 0 Å². The number of hydrogen-bond donors (Lipinski definition) is 0. The van der Waals surface area contributed by atoms with Crippen LogP contribution in [0.5, 0.6) is 0 Å². The summed E-state index contributed by atoms with van der Waals surface area (Å²) in [6, 6.07) is 17.9. The van der Waals surface area contributed by atoms with Crippen molar-refractivity contribution >= 4 is 66.4 Å². The van der Waals surface area contributed by atoms with E-state index in [0.717, 1.165) is 24.1 Å². The summed E-state index contributed by atoms with van der Waals surface area (Å²) >= 11 is 1.36. The molecule has 4 nitrogen and oxygen atoms in total. The van der Waals surface area contributed by atoms with Crippen LogP contribution in [-0.2, 0) is 13.1 Å². The van der Waals surface area contributed by atoms with Crippen LogP contribution in [0.4, 0.5) is 0 Å². The molecular formula is C34H42N4S. The first kappa shape index (κ1) is 26.3. The van der Waals surface area contributed by atoms with E-state index in [-0.39, 0.29) is 0 Å². The molecule has 0 spiro atoms. The number of nitrogens with zero attached hydrogens (tertiary/aromatic N) is 4. The minimum atomic E-state index is 1.05. The SMILES string of the molecule is CCCCCCCCn1c2ccccc2c2c3nsnc3c3c4ccccc4n(CCCCCCCC)c3c21. The predicted octanol–water partition coefficient (Wildman–Crippen LogP) is 10.6. The van der Waals surface area contributed by atoms with Crippen LogP contribution in [0.15, 0.2) is 48.5 Å². The molecule has 6 aromatic rings. The Hall–Kier alpha value is -2.92. The zero-order chi connectivity index (χ0) is 26.6. The van der Waals surface area contributed by atoms with Gasteiger partial charge in [0.1, 0.15) is 11.0 Å². The highest BCUT2D eigenvalue weighted by molar-refractivity contribution is 7.00. The number of aromatic nitrogens is 4. The molecule has 0 saturated carbocycles. The molecule has 0 aliphatic rings. The van der Waals surface area contributed by atoms with Crippen LogP contribution >= 0.6 is 11.7 Å². The summed E-state index contributed by atoms with van der Waals surface area (Å²) in [5.74, 6) is 0. The van der Waals surface area contributed by atoms with Crippen molar-refractivity contribution < 1.29 is 0 Å². The fourth-order valence-corrected chi connectivity index (χ4v) is 7.22. The van der Waals surface area contributed by atoms with Crippen LogP contribution in [0.25, 0.3) is 54.6 Å². The molecule has 0 fully saturated rings. The molecule has 0 bridgehead atoms. The average Bonchev–Trinajstić information content (AvgIpc) is 3.65. The van der Waals surface area contributed by atoms with Crippen molar-refractivity contribution in [3.8, 4) is 0 Å². The van der Waals surface area contributed by atoms with E-state index in [1.54, 1.807) is 0 Å².